The van der Waals surface area contributed by atoms with Gasteiger partial charge in [0.25, 0.3) is 0 Å². The van der Waals surface area contributed by atoms with Gasteiger partial charge in [-0.3, -0.25) is 0 Å². The van der Waals surface area contributed by atoms with Gasteiger partial charge in [0.15, 0.2) is 35.9 Å². The third-order valence-electron chi connectivity index (χ3n) is 3.36. The number of aliphatic hydroxyl groups is 2. The first kappa shape index (κ1) is 18.2. The first-order valence-electron chi connectivity index (χ1n) is 6.91. The van der Waals surface area contributed by atoms with Crippen LogP contribution in [0, 0.1) is 0 Å². The van der Waals surface area contributed by atoms with Crippen molar-refractivity contribution in [3.63, 3.8) is 0 Å². The van der Waals surface area contributed by atoms with Crippen molar-refractivity contribution in [2.24, 2.45) is 0 Å². The number of phenolic OH excluding ortho intramolecular Hbond substituents is 2. The third kappa shape index (κ3) is 4.05. The van der Waals surface area contributed by atoms with Gasteiger partial charge in [-0.2, -0.15) is 0 Å². The number of carbonyl (C=O) groups excluding carboxylic acids is 2. The minimum Gasteiger partial charge on any atom is -0.504 e. The van der Waals surface area contributed by atoms with E-state index in [2.05, 4.69) is 4.74 Å². The highest BCUT2D eigenvalue weighted by Crippen LogP contribution is 2.26. The van der Waals surface area contributed by atoms with Crippen LogP contribution in [0.4, 0.5) is 0 Å². The molecule has 134 valence electrons. The lowest BCUT2D eigenvalue weighted by atomic mass is 10.1. The van der Waals surface area contributed by atoms with Crippen molar-refractivity contribution in [2.75, 3.05) is 0 Å². The zero-order valence-corrected chi connectivity index (χ0v) is 12.5. The SMILES string of the molecule is O=C(C=Cc1ccc(O)c(O)c1)O[C@@H]1[C@@H]([C@@H](O)C(=O)O)OC(=O)[C@@H]1O. The molecule has 0 aromatic heterocycles. The fourth-order valence-electron chi connectivity index (χ4n) is 2.08. The summed E-state index contributed by atoms with van der Waals surface area (Å²) in [6.45, 7) is 0. The number of carboxylic acids is 1. The Balaban J connectivity index is 2.09. The molecule has 0 unspecified atom stereocenters. The van der Waals surface area contributed by atoms with Crippen LogP contribution >= 0.6 is 0 Å². The second-order valence-electron chi connectivity index (χ2n) is 5.11. The van der Waals surface area contributed by atoms with Gasteiger partial charge >= 0.3 is 17.9 Å². The number of cyclic esters (lactones) is 1. The lowest BCUT2D eigenvalue weighted by molar-refractivity contribution is -0.167. The molecule has 0 saturated carbocycles. The monoisotopic (exact) mass is 354 g/mol. The molecule has 1 saturated heterocycles. The lowest BCUT2D eigenvalue weighted by Gasteiger charge is -2.20. The van der Waals surface area contributed by atoms with Crippen molar-refractivity contribution >= 4 is 24.0 Å². The van der Waals surface area contributed by atoms with Crippen LogP contribution in [0.2, 0.25) is 0 Å². The summed E-state index contributed by atoms with van der Waals surface area (Å²) >= 11 is 0. The summed E-state index contributed by atoms with van der Waals surface area (Å²) in [5.74, 6) is -4.77. The number of ether oxygens (including phenoxy) is 2. The molecule has 2 rings (SSSR count). The average molecular weight is 354 g/mol. The Morgan fingerprint density at radius 1 is 1.24 bits per heavy atom. The molecule has 0 radical (unpaired) electrons. The number of hydrogen-bond donors (Lipinski definition) is 5. The Labute approximate surface area is 140 Å². The Bertz CT molecular complexity index is 725. The molecule has 0 amide bonds. The molecule has 0 spiro atoms. The van der Waals surface area contributed by atoms with Crippen molar-refractivity contribution in [2.45, 2.75) is 24.4 Å². The van der Waals surface area contributed by atoms with Gasteiger partial charge in [0.2, 0.25) is 0 Å². The van der Waals surface area contributed by atoms with E-state index in [0.717, 1.165) is 12.1 Å². The summed E-state index contributed by atoms with van der Waals surface area (Å²) in [7, 11) is 0. The highest BCUT2D eigenvalue weighted by molar-refractivity contribution is 5.88. The van der Waals surface area contributed by atoms with Crippen LogP contribution in [0.1, 0.15) is 5.56 Å². The largest absolute Gasteiger partial charge is 0.504 e. The molecular formula is C15H14O10. The van der Waals surface area contributed by atoms with Crippen molar-refractivity contribution < 1.29 is 49.4 Å². The normalized spacial score (nSPS) is 24.1. The molecule has 0 bridgehead atoms. The Morgan fingerprint density at radius 3 is 2.52 bits per heavy atom. The minimum atomic E-state index is -2.18. The van der Waals surface area contributed by atoms with E-state index < -0.39 is 48.1 Å². The van der Waals surface area contributed by atoms with E-state index in [0.29, 0.717) is 5.56 Å². The van der Waals surface area contributed by atoms with E-state index in [1.165, 1.54) is 18.2 Å². The summed E-state index contributed by atoms with van der Waals surface area (Å²) in [4.78, 5) is 33.9. The summed E-state index contributed by atoms with van der Waals surface area (Å²) in [5.41, 5.74) is 0.327. The van der Waals surface area contributed by atoms with E-state index in [1.807, 2.05) is 0 Å². The maximum Gasteiger partial charge on any atom is 0.339 e. The van der Waals surface area contributed by atoms with Crippen molar-refractivity contribution in [1.82, 2.24) is 0 Å². The zero-order valence-electron chi connectivity index (χ0n) is 12.5. The summed E-state index contributed by atoms with van der Waals surface area (Å²) in [6, 6.07) is 3.73. The second-order valence-corrected chi connectivity index (χ2v) is 5.11. The maximum atomic E-state index is 11.8. The summed E-state index contributed by atoms with van der Waals surface area (Å²) in [5, 5.41) is 46.3. The van der Waals surface area contributed by atoms with Crippen LogP contribution in [0.3, 0.4) is 0 Å². The number of phenols is 2. The fourth-order valence-corrected chi connectivity index (χ4v) is 2.08. The third-order valence-corrected chi connectivity index (χ3v) is 3.36. The lowest BCUT2D eigenvalue weighted by Crippen LogP contribution is -2.45. The molecule has 1 heterocycles. The minimum absolute atomic E-state index is 0.327. The standard InChI is InChI=1S/C15H14O10/c16-7-3-1-6(5-8(7)17)2-4-9(18)24-13-11(20)15(23)25-12(13)10(19)14(21)22/h1-5,10-13,16-17,19-20H,(H,21,22)/t10-,11-,12-,13+/m1/s1. The number of aromatic hydroxyl groups is 2. The van der Waals surface area contributed by atoms with Crippen LogP contribution < -0.4 is 0 Å². The number of aliphatic carboxylic acids is 1. The van der Waals surface area contributed by atoms with Crippen LogP contribution in [0.5, 0.6) is 11.5 Å². The fraction of sp³-hybridized carbons (Fsp3) is 0.267. The van der Waals surface area contributed by atoms with Gasteiger partial charge < -0.3 is 35.0 Å². The molecule has 10 heteroatoms. The van der Waals surface area contributed by atoms with Gasteiger partial charge in [-0.15, -0.1) is 0 Å². The molecule has 4 atom stereocenters. The smallest absolute Gasteiger partial charge is 0.339 e. The van der Waals surface area contributed by atoms with E-state index in [1.54, 1.807) is 0 Å². The number of carbonyl (C=O) groups is 3. The quantitative estimate of drug-likeness (QED) is 0.244. The molecular weight excluding hydrogens is 340 g/mol. The van der Waals surface area contributed by atoms with Gasteiger partial charge in [0.1, 0.15) is 0 Å². The molecule has 1 aliphatic heterocycles. The van der Waals surface area contributed by atoms with Gasteiger partial charge in [-0.1, -0.05) is 6.07 Å². The van der Waals surface area contributed by atoms with E-state index in [9.17, 15) is 34.8 Å². The first-order chi connectivity index (χ1) is 11.7. The average Bonchev–Trinajstić information content (AvgIpc) is 2.83. The van der Waals surface area contributed by atoms with Gasteiger partial charge in [0.05, 0.1) is 0 Å². The van der Waals surface area contributed by atoms with Crippen LogP contribution in [-0.2, 0) is 23.9 Å². The van der Waals surface area contributed by atoms with Crippen LogP contribution in [0.25, 0.3) is 6.08 Å². The molecule has 0 aliphatic carbocycles. The molecule has 5 N–H and O–H groups in total. The number of rotatable bonds is 5. The zero-order chi connectivity index (χ0) is 18.7. The predicted octanol–water partition coefficient (Wildman–Crippen LogP) is -1.25. The predicted molar refractivity (Wildman–Crippen MR) is 78.2 cm³/mol. The number of benzene rings is 1. The Morgan fingerprint density at radius 2 is 1.92 bits per heavy atom. The molecule has 10 nitrogen and oxygen atoms in total. The van der Waals surface area contributed by atoms with E-state index >= 15 is 0 Å². The highest BCUT2D eigenvalue weighted by Gasteiger charge is 2.51. The number of esters is 2. The first-order valence-corrected chi connectivity index (χ1v) is 6.91. The Hall–Kier alpha value is -3.11. The van der Waals surface area contributed by atoms with E-state index in [-0.39, 0.29) is 5.75 Å². The highest BCUT2D eigenvalue weighted by atomic mass is 16.6. The molecule has 1 aliphatic rings. The second kappa shape index (κ2) is 7.20. The van der Waals surface area contributed by atoms with Crippen molar-refractivity contribution in [1.29, 1.82) is 0 Å². The van der Waals surface area contributed by atoms with Gasteiger partial charge in [-0.25, -0.2) is 14.4 Å². The van der Waals surface area contributed by atoms with Crippen LogP contribution in [-0.4, -0.2) is 67.9 Å². The molecule has 1 aromatic carbocycles. The van der Waals surface area contributed by atoms with E-state index in [4.69, 9.17) is 9.84 Å². The number of carboxylic acid groups (broad SMARTS) is 1. The summed E-state index contributed by atoms with van der Waals surface area (Å²) in [6.07, 6.45) is -5.50. The maximum absolute atomic E-state index is 11.8. The van der Waals surface area contributed by atoms with Crippen molar-refractivity contribution in [3.8, 4) is 11.5 Å². The van der Waals surface area contributed by atoms with Gasteiger partial charge in [-0.05, 0) is 23.8 Å². The summed E-state index contributed by atoms with van der Waals surface area (Å²) < 4.78 is 9.32. The number of hydrogen-bond acceptors (Lipinski definition) is 9. The molecule has 1 fully saturated rings. The van der Waals surface area contributed by atoms with Gasteiger partial charge in [0, 0.05) is 6.08 Å². The number of aliphatic hydroxyl groups excluding tert-OH is 2. The van der Waals surface area contributed by atoms with Crippen LogP contribution in [0.15, 0.2) is 24.3 Å². The Kier molecular flexibility index (Phi) is 5.25. The molecule has 1 aromatic rings. The molecule has 25 heavy (non-hydrogen) atoms. The topological polar surface area (TPSA) is 171 Å². The van der Waals surface area contributed by atoms with Crippen molar-refractivity contribution in [3.05, 3.63) is 29.8 Å².